The summed E-state index contributed by atoms with van der Waals surface area (Å²) in [6, 6.07) is 10.8. The van der Waals surface area contributed by atoms with Crippen molar-refractivity contribution < 1.29 is 41.9 Å². The molecule has 2 saturated heterocycles. The van der Waals surface area contributed by atoms with Crippen LogP contribution in [0.2, 0.25) is 0 Å². The minimum atomic E-state index is -4.68. The zero-order chi connectivity index (χ0) is 42.3. The van der Waals surface area contributed by atoms with Gasteiger partial charge in [-0.3, -0.25) is 34.2 Å². The van der Waals surface area contributed by atoms with Crippen LogP contribution in [0, 0.1) is 11.8 Å². The molecule has 1 aliphatic carbocycles. The largest absolute Gasteiger partial charge is 0.494 e. The van der Waals surface area contributed by atoms with Crippen molar-refractivity contribution in [1.29, 1.82) is 0 Å². The number of halogens is 3. The molecule has 60 heavy (non-hydrogen) atoms. The number of hydrogen-bond donors (Lipinski definition) is 3. The fourth-order valence-electron chi connectivity index (χ4n) is 9.27. The molecule has 5 amide bonds. The van der Waals surface area contributed by atoms with Crippen LogP contribution in [0.15, 0.2) is 48.5 Å². The number of benzene rings is 2. The number of aromatic nitrogens is 3. The lowest BCUT2D eigenvalue weighted by Gasteiger charge is -2.36. The summed E-state index contributed by atoms with van der Waals surface area (Å²) < 4.78 is 47.2. The number of carbonyl (C=O) groups excluding carboxylic acids is 5. The summed E-state index contributed by atoms with van der Waals surface area (Å²) in [4.78, 5) is 75.7. The number of imide groups is 2. The highest BCUT2D eigenvalue weighted by molar-refractivity contribution is 6.25. The Morgan fingerprint density at radius 2 is 1.65 bits per heavy atom. The normalized spacial score (nSPS) is 21.6. The van der Waals surface area contributed by atoms with Crippen molar-refractivity contribution in [2.75, 3.05) is 43.9 Å². The number of ether oxygens (including phenoxy) is 1. The van der Waals surface area contributed by atoms with Crippen LogP contribution in [-0.2, 0) is 22.8 Å². The van der Waals surface area contributed by atoms with Gasteiger partial charge in [0.05, 0.1) is 35.0 Å². The van der Waals surface area contributed by atoms with E-state index in [1.165, 1.54) is 13.2 Å². The topological polar surface area (TPSA) is 168 Å². The smallest absolute Gasteiger partial charge is 0.433 e. The van der Waals surface area contributed by atoms with Gasteiger partial charge in [-0.2, -0.15) is 13.2 Å². The molecule has 3 N–H and O–H groups in total. The highest BCUT2D eigenvalue weighted by atomic mass is 19.4. The monoisotopic (exact) mass is 828 g/mol. The number of hydrogen-bond acceptors (Lipinski definition) is 10. The molecule has 4 aliphatic rings. The number of nitrogens with one attached hydrogen (secondary N) is 3. The Hall–Kier alpha value is -5.84. The summed E-state index contributed by atoms with van der Waals surface area (Å²) in [5, 5.41) is 8.29. The summed E-state index contributed by atoms with van der Waals surface area (Å²) in [5.74, 6) is -0.186. The molecular weight excluding hydrogens is 782 g/mol. The molecular formula is C43H47F3N8O6. The van der Waals surface area contributed by atoms with E-state index in [0.717, 1.165) is 93.0 Å². The van der Waals surface area contributed by atoms with Gasteiger partial charge in [0, 0.05) is 44.2 Å². The van der Waals surface area contributed by atoms with Gasteiger partial charge in [-0.05, 0) is 107 Å². The van der Waals surface area contributed by atoms with Crippen LogP contribution in [-0.4, -0.2) is 93.2 Å². The molecule has 0 spiro atoms. The van der Waals surface area contributed by atoms with E-state index in [2.05, 4.69) is 25.8 Å². The summed E-state index contributed by atoms with van der Waals surface area (Å²) in [6.07, 6.45) is 2.74. The lowest BCUT2D eigenvalue weighted by Crippen LogP contribution is -2.54. The first-order valence-electron chi connectivity index (χ1n) is 20.5. The Morgan fingerprint density at radius 1 is 0.900 bits per heavy atom. The van der Waals surface area contributed by atoms with E-state index in [-0.39, 0.29) is 35.6 Å². The third-order valence-corrected chi connectivity index (χ3v) is 12.5. The van der Waals surface area contributed by atoms with Crippen LogP contribution < -0.4 is 20.7 Å². The molecule has 3 aliphatic heterocycles. The van der Waals surface area contributed by atoms with Crippen molar-refractivity contribution in [2.24, 2.45) is 18.9 Å². The molecule has 2 aromatic carbocycles. The first-order valence-corrected chi connectivity index (χ1v) is 20.5. The Kier molecular flexibility index (Phi) is 11.4. The van der Waals surface area contributed by atoms with Gasteiger partial charge in [0.25, 0.3) is 17.7 Å². The molecule has 14 nitrogen and oxygen atoms in total. The fourth-order valence-corrected chi connectivity index (χ4v) is 9.27. The number of methoxy groups -OCH3 is 1. The van der Waals surface area contributed by atoms with Gasteiger partial charge < -0.3 is 24.8 Å². The molecule has 5 heterocycles. The first-order chi connectivity index (χ1) is 28.8. The number of rotatable bonds is 11. The van der Waals surface area contributed by atoms with E-state index in [9.17, 15) is 37.1 Å². The van der Waals surface area contributed by atoms with Gasteiger partial charge in [0.2, 0.25) is 11.8 Å². The Bertz CT molecular complexity index is 2350. The number of carbonyl (C=O) groups is 5. The number of piperidine rings is 2. The number of pyridine rings is 1. The molecule has 2 aromatic heterocycles. The number of likely N-dealkylation sites (tertiary alicyclic amines) is 1. The second-order valence-electron chi connectivity index (χ2n) is 16.3. The molecule has 0 radical (unpaired) electrons. The van der Waals surface area contributed by atoms with Crippen molar-refractivity contribution in [2.45, 2.75) is 75.9 Å². The van der Waals surface area contributed by atoms with E-state index in [4.69, 9.17) is 9.72 Å². The standard InChI is InChI=1S/C43H47F3N8O6/c1-52-33-21-31(50-39(56)29-7-4-8-35(48-29)43(44,45)46)34(60-2)22-30(33)49-38(52)26-11-9-25(10-12-26)23-53-19-16-24(17-20-53)15-18-47-28-6-3-5-27-37(28)42(59)54(41(27)58)32-13-14-36(55)51-40(32)57/h3-8,21-22,24-26,32,47H,9-20,23H2,1-2H3,(H,50,56)(H,51,55,57). The van der Waals surface area contributed by atoms with Crippen molar-refractivity contribution >= 4 is 51.9 Å². The summed E-state index contributed by atoms with van der Waals surface area (Å²) in [5.41, 5.74) is 1.40. The highest BCUT2D eigenvalue weighted by Crippen LogP contribution is 2.39. The third kappa shape index (κ3) is 8.18. The van der Waals surface area contributed by atoms with Crippen LogP contribution in [0.1, 0.15) is 106 Å². The van der Waals surface area contributed by atoms with Crippen molar-refractivity contribution in [3.8, 4) is 5.75 Å². The predicted molar refractivity (Wildman–Crippen MR) is 215 cm³/mol. The number of alkyl halides is 3. The molecule has 4 aromatic rings. The van der Waals surface area contributed by atoms with E-state index in [1.54, 1.807) is 30.3 Å². The molecule has 0 bridgehead atoms. The van der Waals surface area contributed by atoms with Crippen LogP contribution in [0.25, 0.3) is 11.0 Å². The van der Waals surface area contributed by atoms with E-state index >= 15 is 0 Å². The van der Waals surface area contributed by atoms with Crippen LogP contribution in [0.3, 0.4) is 0 Å². The van der Waals surface area contributed by atoms with E-state index < -0.39 is 47.4 Å². The lowest BCUT2D eigenvalue weighted by atomic mass is 9.81. The Labute approximate surface area is 344 Å². The SMILES string of the molecule is COc1cc2nc(C3CCC(CN4CCC(CCNc5cccc6c5C(=O)N(C5CCC(=O)NC5=O)C6=O)CC4)CC3)n(C)c2cc1NC(=O)c1cccc(C(F)(F)F)n1. The Morgan fingerprint density at radius 3 is 2.37 bits per heavy atom. The third-order valence-electron chi connectivity index (χ3n) is 12.5. The lowest BCUT2D eigenvalue weighted by molar-refractivity contribution is -0.141. The first kappa shape index (κ1) is 40.9. The van der Waals surface area contributed by atoms with Crippen LogP contribution >= 0.6 is 0 Å². The molecule has 17 heteroatoms. The number of anilines is 2. The predicted octanol–water partition coefficient (Wildman–Crippen LogP) is 6.14. The van der Waals surface area contributed by atoms with E-state index in [1.807, 2.05) is 11.6 Å². The van der Waals surface area contributed by atoms with Gasteiger partial charge in [-0.15, -0.1) is 0 Å². The number of amides is 5. The highest BCUT2D eigenvalue weighted by Gasteiger charge is 2.45. The maximum atomic E-state index is 13.4. The molecule has 1 saturated carbocycles. The molecule has 8 rings (SSSR count). The van der Waals surface area contributed by atoms with E-state index in [0.29, 0.717) is 41.0 Å². The summed E-state index contributed by atoms with van der Waals surface area (Å²) >= 11 is 0. The van der Waals surface area contributed by atoms with Crippen molar-refractivity contribution in [1.82, 2.24) is 29.7 Å². The summed E-state index contributed by atoms with van der Waals surface area (Å²) in [6.45, 7) is 3.74. The average molecular weight is 829 g/mol. The maximum absolute atomic E-state index is 13.4. The minimum absolute atomic E-state index is 0.0733. The average Bonchev–Trinajstić information content (AvgIpc) is 3.69. The van der Waals surface area contributed by atoms with Crippen LogP contribution in [0.5, 0.6) is 5.75 Å². The van der Waals surface area contributed by atoms with Gasteiger partial charge in [0.1, 0.15) is 29.0 Å². The number of aryl methyl sites for hydroxylation is 1. The van der Waals surface area contributed by atoms with Crippen LogP contribution in [0.4, 0.5) is 24.5 Å². The molecule has 1 unspecified atom stereocenters. The van der Waals surface area contributed by atoms with Crippen molar-refractivity contribution in [3.05, 3.63) is 76.9 Å². The zero-order valence-electron chi connectivity index (χ0n) is 33.4. The van der Waals surface area contributed by atoms with Gasteiger partial charge >= 0.3 is 6.18 Å². The van der Waals surface area contributed by atoms with Gasteiger partial charge in [0.15, 0.2) is 0 Å². The Balaban J connectivity index is 0.806. The maximum Gasteiger partial charge on any atom is 0.433 e. The quantitative estimate of drug-likeness (QED) is 0.150. The van der Waals surface area contributed by atoms with Crippen molar-refractivity contribution in [3.63, 3.8) is 0 Å². The zero-order valence-corrected chi connectivity index (χ0v) is 33.4. The van der Waals surface area contributed by atoms with Gasteiger partial charge in [-0.25, -0.2) is 9.97 Å². The van der Waals surface area contributed by atoms with Gasteiger partial charge in [-0.1, -0.05) is 12.1 Å². The molecule has 3 fully saturated rings. The summed E-state index contributed by atoms with van der Waals surface area (Å²) in [7, 11) is 3.39. The number of imidazole rings is 1. The number of nitrogens with zero attached hydrogens (tertiary/aromatic N) is 5. The second-order valence-corrected chi connectivity index (χ2v) is 16.3. The second kappa shape index (κ2) is 16.7. The molecule has 1 atom stereocenters. The number of fused-ring (bicyclic) bond motifs is 2. The minimum Gasteiger partial charge on any atom is -0.494 e. The fraction of sp³-hybridized carbons (Fsp3) is 0.465. The molecule has 316 valence electrons.